The Bertz CT molecular complexity index is 1150. The third kappa shape index (κ3) is 7.67. The molecule has 0 fully saturated rings. The van der Waals surface area contributed by atoms with Gasteiger partial charge in [-0.3, -0.25) is 9.59 Å². The van der Waals surface area contributed by atoms with Crippen LogP contribution in [0.1, 0.15) is 27.9 Å². The molecule has 0 saturated carbocycles. The number of esters is 1. The summed E-state index contributed by atoms with van der Waals surface area (Å²) in [5.41, 5.74) is 2.32. The molecule has 0 bridgehead atoms. The Morgan fingerprint density at radius 3 is 2.16 bits per heavy atom. The number of nitrogens with one attached hydrogen (secondary N) is 1. The highest BCUT2D eigenvalue weighted by molar-refractivity contribution is 7.92. The highest BCUT2D eigenvalue weighted by Gasteiger charge is 2.19. The summed E-state index contributed by atoms with van der Waals surface area (Å²) in [4.78, 5) is 24.5. The fourth-order valence-electron chi connectivity index (χ4n) is 3.13. The highest BCUT2D eigenvalue weighted by atomic mass is 32.2. The van der Waals surface area contributed by atoms with E-state index in [9.17, 15) is 18.0 Å². The van der Waals surface area contributed by atoms with E-state index in [-0.39, 0.29) is 17.4 Å². The van der Waals surface area contributed by atoms with Gasteiger partial charge in [0.25, 0.3) is 5.91 Å². The van der Waals surface area contributed by atoms with E-state index in [4.69, 9.17) is 4.74 Å². The van der Waals surface area contributed by atoms with Crippen LogP contribution in [0.25, 0.3) is 0 Å². The van der Waals surface area contributed by atoms with Crippen LogP contribution in [0.15, 0.2) is 84.9 Å². The zero-order chi connectivity index (χ0) is 22.8. The van der Waals surface area contributed by atoms with Crippen molar-refractivity contribution in [3.63, 3.8) is 0 Å². The molecule has 1 N–H and O–H groups in total. The Kier molecular flexibility index (Phi) is 8.16. The Hall–Kier alpha value is -3.45. The quantitative estimate of drug-likeness (QED) is 0.376. The van der Waals surface area contributed by atoms with Gasteiger partial charge in [0.15, 0.2) is 9.84 Å². The van der Waals surface area contributed by atoms with Gasteiger partial charge in [0.05, 0.1) is 5.75 Å². The average Bonchev–Trinajstić information content (AvgIpc) is 2.78. The van der Waals surface area contributed by atoms with Gasteiger partial charge >= 0.3 is 5.97 Å². The average molecular weight is 452 g/mol. The maximum Gasteiger partial charge on any atom is 0.326 e. The van der Waals surface area contributed by atoms with Gasteiger partial charge in [-0.1, -0.05) is 66.7 Å². The Morgan fingerprint density at radius 1 is 0.812 bits per heavy atom. The third-order valence-corrected chi connectivity index (χ3v) is 6.31. The van der Waals surface area contributed by atoms with Crippen LogP contribution >= 0.6 is 0 Å². The first-order valence-corrected chi connectivity index (χ1v) is 12.1. The molecule has 3 aromatic rings. The molecule has 1 amide bonds. The summed E-state index contributed by atoms with van der Waals surface area (Å²) in [6, 6.07) is 25.1. The zero-order valence-corrected chi connectivity index (χ0v) is 18.4. The molecule has 6 nitrogen and oxygen atoms in total. The smallest absolute Gasteiger partial charge is 0.326 e. The van der Waals surface area contributed by atoms with E-state index in [0.717, 1.165) is 11.1 Å². The van der Waals surface area contributed by atoms with Gasteiger partial charge in [0, 0.05) is 12.1 Å². The molecule has 0 aliphatic rings. The number of hydrogen-bond acceptors (Lipinski definition) is 5. The van der Waals surface area contributed by atoms with E-state index in [0.29, 0.717) is 24.9 Å². The number of benzene rings is 3. The van der Waals surface area contributed by atoms with Crippen molar-refractivity contribution in [2.75, 3.05) is 11.5 Å². The first kappa shape index (κ1) is 23.2. The zero-order valence-electron chi connectivity index (χ0n) is 17.6. The summed E-state index contributed by atoms with van der Waals surface area (Å²) in [5.74, 6) is -1.86. The number of amides is 1. The second-order valence-corrected chi connectivity index (χ2v) is 9.54. The van der Waals surface area contributed by atoms with Crippen molar-refractivity contribution in [3.8, 4) is 5.75 Å². The number of carbonyl (C=O) groups excluding carboxylic acids is 2. The molecule has 3 rings (SSSR count). The number of sulfone groups is 1. The van der Waals surface area contributed by atoms with Crippen molar-refractivity contribution < 1.29 is 22.7 Å². The predicted molar refractivity (Wildman–Crippen MR) is 123 cm³/mol. The molecule has 166 valence electrons. The lowest BCUT2D eigenvalue weighted by Gasteiger charge is -2.08. The molecule has 0 spiro atoms. The first-order valence-electron chi connectivity index (χ1n) is 10.3. The van der Waals surface area contributed by atoms with Crippen molar-refractivity contribution in [2.24, 2.45) is 0 Å². The van der Waals surface area contributed by atoms with E-state index in [1.807, 2.05) is 60.7 Å². The molecule has 0 atom stereocenters. The van der Waals surface area contributed by atoms with E-state index >= 15 is 0 Å². The molecular formula is C25H25NO5S. The van der Waals surface area contributed by atoms with Crippen molar-refractivity contribution in [2.45, 2.75) is 19.4 Å². The molecule has 0 aliphatic heterocycles. The Morgan fingerprint density at radius 2 is 1.47 bits per heavy atom. The summed E-state index contributed by atoms with van der Waals surface area (Å²) in [5, 5.41) is 2.80. The highest BCUT2D eigenvalue weighted by Crippen LogP contribution is 2.14. The molecule has 0 heterocycles. The lowest BCUT2D eigenvalue weighted by Crippen LogP contribution is -2.24. The summed E-state index contributed by atoms with van der Waals surface area (Å²) in [7, 11) is -3.59. The van der Waals surface area contributed by atoms with Crippen molar-refractivity contribution in [1.82, 2.24) is 5.32 Å². The minimum atomic E-state index is -3.59. The molecule has 3 aromatic carbocycles. The summed E-state index contributed by atoms with van der Waals surface area (Å²) < 4.78 is 29.7. The summed E-state index contributed by atoms with van der Waals surface area (Å²) in [6.07, 6.45) is 1.05. The predicted octanol–water partition coefficient (Wildman–Crippen LogP) is 3.57. The van der Waals surface area contributed by atoms with E-state index < -0.39 is 21.6 Å². The number of ether oxygens (including phenoxy) is 1. The molecule has 0 aromatic heterocycles. The Labute approximate surface area is 188 Å². The first-order chi connectivity index (χ1) is 15.4. The van der Waals surface area contributed by atoms with Crippen LogP contribution in [-0.4, -0.2) is 31.8 Å². The maximum absolute atomic E-state index is 12.4. The fraction of sp³-hybridized carbons (Fsp3) is 0.200. The van der Waals surface area contributed by atoms with Crippen LogP contribution in [0.5, 0.6) is 5.75 Å². The van der Waals surface area contributed by atoms with Gasteiger partial charge < -0.3 is 10.1 Å². The molecule has 0 saturated heterocycles. The van der Waals surface area contributed by atoms with Crippen LogP contribution < -0.4 is 10.1 Å². The number of rotatable bonds is 10. The minimum absolute atomic E-state index is 0.0983. The Balaban J connectivity index is 1.49. The standard InChI is InChI=1S/C25H25NO5S/c27-24(19-32(29,30)16-8-13-20-9-3-1-4-10-20)31-23-15-7-14-22(17-23)25(28)26-18-21-11-5-2-6-12-21/h1-7,9-12,14-15,17H,8,13,16,18-19H2,(H,26,28). The fourth-order valence-corrected chi connectivity index (χ4v) is 4.28. The van der Waals surface area contributed by atoms with Gasteiger partial charge in [0.1, 0.15) is 11.5 Å². The van der Waals surface area contributed by atoms with Crippen LogP contribution in [0.3, 0.4) is 0 Å². The van der Waals surface area contributed by atoms with Crippen LogP contribution in [0.4, 0.5) is 0 Å². The van der Waals surface area contributed by atoms with Crippen molar-refractivity contribution in [1.29, 1.82) is 0 Å². The van der Waals surface area contributed by atoms with Crippen molar-refractivity contribution in [3.05, 3.63) is 102 Å². The number of carbonyl (C=O) groups is 2. The molecular weight excluding hydrogens is 426 g/mol. The minimum Gasteiger partial charge on any atom is -0.426 e. The maximum atomic E-state index is 12.4. The van der Waals surface area contributed by atoms with Gasteiger partial charge in [-0.25, -0.2) is 8.42 Å². The molecule has 7 heteroatoms. The van der Waals surface area contributed by atoms with E-state index in [1.165, 1.54) is 12.1 Å². The molecule has 0 radical (unpaired) electrons. The number of hydrogen-bond donors (Lipinski definition) is 1. The van der Waals surface area contributed by atoms with Crippen LogP contribution in [-0.2, 0) is 27.6 Å². The molecule has 0 aliphatic carbocycles. The molecule has 32 heavy (non-hydrogen) atoms. The lowest BCUT2D eigenvalue weighted by molar-refractivity contribution is -0.131. The van der Waals surface area contributed by atoms with Gasteiger partial charge in [0.2, 0.25) is 0 Å². The van der Waals surface area contributed by atoms with Gasteiger partial charge in [-0.05, 0) is 42.2 Å². The van der Waals surface area contributed by atoms with Crippen LogP contribution in [0, 0.1) is 0 Å². The largest absolute Gasteiger partial charge is 0.426 e. The summed E-state index contributed by atoms with van der Waals surface area (Å²) in [6.45, 7) is 0.366. The second kappa shape index (κ2) is 11.2. The van der Waals surface area contributed by atoms with E-state index in [1.54, 1.807) is 12.1 Å². The van der Waals surface area contributed by atoms with Gasteiger partial charge in [-0.2, -0.15) is 0 Å². The van der Waals surface area contributed by atoms with Crippen molar-refractivity contribution >= 4 is 21.7 Å². The SMILES string of the molecule is O=C(CS(=O)(=O)CCCc1ccccc1)Oc1cccc(C(=O)NCc2ccccc2)c1. The van der Waals surface area contributed by atoms with E-state index in [2.05, 4.69) is 5.32 Å². The van der Waals surface area contributed by atoms with Crippen LogP contribution in [0.2, 0.25) is 0 Å². The third-order valence-electron chi connectivity index (χ3n) is 4.73. The lowest BCUT2D eigenvalue weighted by atomic mass is 10.1. The second-order valence-electron chi connectivity index (χ2n) is 7.35. The topological polar surface area (TPSA) is 89.5 Å². The normalized spacial score (nSPS) is 11.0. The summed E-state index contributed by atoms with van der Waals surface area (Å²) >= 11 is 0. The number of aryl methyl sites for hydroxylation is 1. The molecule has 0 unspecified atom stereocenters. The van der Waals surface area contributed by atoms with Gasteiger partial charge in [-0.15, -0.1) is 0 Å². The monoisotopic (exact) mass is 451 g/mol.